The molecule has 0 spiro atoms. The van der Waals surface area contributed by atoms with Crippen molar-refractivity contribution in [3.8, 4) is 0 Å². The molecule has 1 aliphatic heterocycles. The summed E-state index contributed by atoms with van der Waals surface area (Å²) >= 11 is 23.9. The Hall–Kier alpha value is 1.51. The van der Waals surface area contributed by atoms with E-state index in [1.807, 2.05) is 0 Å². The van der Waals surface area contributed by atoms with E-state index >= 15 is 0 Å². The first-order valence-corrected chi connectivity index (χ1v) is 14.9. The predicted molar refractivity (Wildman–Crippen MR) is 113 cm³/mol. The van der Waals surface area contributed by atoms with Crippen LogP contribution in [-0.2, 0) is 8.23 Å². The van der Waals surface area contributed by atoms with Gasteiger partial charge in [0.2, 0.25) is 0 Å². The van der Waals surface area contributed by atoms with E-state index in [9.17, 15) is 0 Å². The van der Waals surface area contributed by atoms with Crippen LogP contribution in [0.1, 0.15) is 56.8 Å². The van der Waals surface area contributed by atoms with E-state index in [0.29, 0.717) is 68.5 Å². The number of alkyl halides is 4. The Morgan fingerprint density at radius 3 is 1.67 bits per heavy atom. The van der Waals surface area contributed by atoms with Gasteiger partial charge >= 0.3 is 17.1 Å². The third-order valence-corrected chi connectivity index (χ3v) is 13.9. The molecule has 0 aromatic heterocycles. The minimum Gasteiger partial charge on any atom is -0.415 e. The van der Waals surface area contributed by atoms with Gasteiger partial charge in [0.1, 0.15) is 0 Å². The average Bonchev–Trinajstić information content (AvgIpc) is 2.63. The maximum absolute atomic E-state index is 8.94. The molecule has 24 heavy (non-hydrogen) atoms. The van der Waals surface area contributed by atoms with Gasteiger partial charge in [-0.25, -0.2) is 0 Å². The van der Waals surface area contributed by atoms with Gasteiger partial charge < -0.3 is 8.23 Å². The number of rotatable bonds is 14. The first-order chi connectivity index (χ1) is 13.1. The topological polar surface area (TPSA) is 18.5 Å². The van der Waals surface area contributed by atoms with Crippen molar-refractivity contribution in [1.29, 1.82) is 0 Å². The Morgan fingerprint density at radius 1 is 0.833 bits per heavy atom. The van der Waals surface area contributed by atoms with E-state index in [1.54, 1.807) is 6.55 Å². The fraction of sp³-hybridized carbons (Fsp3) is 1.00. The number of hydrogen-bond donors (Lipinski definition) is 0. The quantitative estimate of drug-likeness (QED) is 0.206. The molecule has 1 rings (SSSR count). The normalized spacial score (nSPS) is 30.4. The van der Waals surface area contributed by atoms with Crippen LogP contribution in [0, 0.1) is 0 Å². The predicted octanol–water partition coefficient (Wildman–Crippen LogP) is 6.99. The van der Waals surface area contributed by atoms with Gasteiger partial charge in [-0.3, -0.25) is 0 Å². The van der Waals surface area contributed by atoms with Crippen LogP contribution in [0.3, 0.4) is 0 Å². The molecule has 0 unspecified atom stereocenters. The lowest BCUT2D eigenvalue weighted by molar-refractivity contribution is 0.164. The summed E-state index contributed by atoms with van der Waals surface area (Å²) in [6.45, 7) is 0.458. The van der Waals surface area contributed by atoms with E-state index in [1.165, 1.54) is 0 Å². The van der Waals surface area contributed by atoms with Crippen LogP contribution in [-0.4, -0.2) is 40.6 Å². The fourth-order valence-electron chi connectivity index (χ4n) is 3.46. The third-order valence-electron chi connectivity index (χ3n) is 4.43. The summed E-state index contributed by atoms with van der Waals surface area (Å²) in [6.07, 6.45) is 4.88. The molecule has 1 aliphatic rings. The van der Waals surface area contributed by atoms with Crippen molar-refractivity contribution in [2.24, 2.45) is 0 Å². The minimum atomic E-state index is -3.48. The molecule has 0 aliphatic carbocycles. The van der Waals surface area contributed by atoms with Crippen LogP contribution in [0.5, 0.6) is 0 Å². The Bertz CT molecular complexity index is 450. The molecule has 1 saturated heterocycles. The Labute approximate surface area is 176 Å². The molecule has 8 heteroatoms. The second-order valence-electron chi connectivity index (χ2n) is 6.46. The summed E-state index contributed by atoms with van der Waals surface area (Å²) < 4.78 is 46.5. The van der Waals surface area contributed by atoms with Gasteiger partial charge in [0.25, 0.3) is 0 Å². The standard InChI is InChI=1S/C16H32Cl4O2Si2/c1-23(2)21-24(22-23,15-4-3-11-17)16(8-5-12-18,9-6-13-19)10-7-14-20/h3-15H2,1-2H3/i1D2,15D2. The second kappa shape index (κ2) is 11.4. The van der Waals surface area contributed by atoms with Crippen molar-refractivity contribution in [3.63, 3.8) is 0 Å². The van der Waals surface area contributed by atoms with Gasteiger partial charge in [0.05, 0.1) is 0 Å². The molecule has 0 N–H and O–H groups in total. The van der Waals surface area contributed by atoms with Crippen LogP contribution in [0.15, 0.2) is 0 Å². The van der Waals surface area contributed by atoms with Gasteiger partial charge in [-0.05, 0) is 64.0 Å². The van der Waals surface area contributed by atoms with Crippen molar-refractivity contribution in [2.45, 2.75) is 75.4 Å². The summed E-state index contributed by atoms with van der Waals surface area (Å²) in [7, 11) is -6.54. The molecule has 0 aromatic rings. The Balaban J connectivity index is 3.43. The fourth-order valence-corrected chi connectivity index (χ4v) is 13.3. The molecule has 1 heterocycles. The smallest absolute Gasteiger partial charge is 0.326 e. The molecule has 0 bridgehead atoms. The summed E-state index contributed by atoms with van der Waals surface area (Å²) in [5, 5.41) is -0.539. The molecule has 0 atom stereocenters. The van der Waals surface area contributed by atoms with Crippen LogP contribution in [0.25, 0.3) is 0 Å². The van der Waals surface area contributed by atoms with Crippen molar-refractivity contribution >= 4 is 63.5 Å². The molecule has 0 amide bonds. The number of hydrogen-bond acceptors (Lipinski definition) is 2. The van der Waals surface area contributed by atoms with E-state index in [0.717, 1.165) is 0 Å². The average molecular weight is 458 g/mol. The van der Waals surface area contributed by atoms with Gasteiger partial charge in [0.15, 0.2) is 0 Å². The van der Waals surface area contributed by atoms with Gasteiger partial charge in [0, 0.05) is 34.0 Å². The summed E-state index contributed by atoms with van der Waals surface area (Å²) in [5.74, 6) is 0.0665. The second-order valence-corrected chi connectivity index (χ2v) is 14.3. The van der Waals surface area contributed by atoms with E-state index < -0.39 is 34.7 Å². The Kier molecular flexibility index (Phi) is 8.34. The summed E-state index contributed by atoms with van der Waals surface area (Å²) in [4.78, 5) is 0. The zero-order chi connectivity index (χ0) is 21.5. The highest BCUT2D eigenvalue weighted by atomic mass is 35.5. The molecule has 0 saturated carbocycles. The molecule has 0 radical (unpaired) electrons. The zero-order valence-corrected chi connectivity index (χ0v) is 19.4. The third kappa shape index (κ3) is 6.29. The molecule has 1 fully saturated rings. The molecule has 0 aromatic carbocycles. The monoisotopic (exact) mass is 456 g/mol. The van der Waals surface area contributed by atoms with Gasteiger partial charge in [-0.2, -0.15) is 0 Å². The van der Waals surface area contributed by atoms with Crippen LogP contribution < -0.4 is 0 Å². The first-order valence-electron chi connectivity index (χ1n) is 10.7. The summed E-state index contributed by atoms with van der Waals surface area (Å²) in [5.41, 5.74) is 0. The lowest BCUT2D eigenvalue weighted by Crippen LogP contribution is -2.73. The largest absolute Gasteiger partial charge is 0.415 e. The van der Waals surface area contributed by atoms with E-state index in [4.69, 9.17) is 60.1 Å². The Morgan fingerprint density at radius 2 is 1.29 bits per heavy atom. The molecular weight excluding hydrogens is 422 g/mol. The number of halogens is 4. The van der Waals surface area contributed by atoms with Crippen LogP contribution in [0.2, 0.25) is 24.1 Å². The maximum Gasteiger partial charge on any atom is 0.326 e. The first kappa shape index (κ1) is 17.6. The van der Waals surface area contributed by atoms with Crippen LogP contribution >= 0.6 is 46.4 Å². The van der Waals surface area contributed by atoms with Crippen molar-refractivity contribution < 1.29 is 13.7 Å². The zero-order valence-electron chi connectivity index (χ0n) is 18.4. The van der Waals surface area contributed by atoms with Gasteiger partial charge in [-0.15, -0.1) is 46.4 Å². The van der Waals surface area contributed by atoms with Crippen LogP contribution in [0.4, 0.5) is 0 Å². The minimum absolute atomic E-state index is 0.234. The molecule has 2 nitrogen and oxygen atoms in total. The highest BCUT2D eigenvalue weighted by Crippen LogP contribution is 2.59. The van der Waals surface area contributed by atoms with Gasteiger partial charge in [-0.1, -0.05) is 6.42 Å². The highest BCUT2D eigenvalue weighted by Gasteiger charge is 2.66. The van der Waals surface area contributed by atoms with Crippen molar-refractivity contribution in [3.05, 3.63) is 0 Å². The molecular formula is C16H32Cl4O2Si2. The highest BCUT2D eigenvalue weighted by molar-refractivity contribution is 6.94. The SMILES string of the molecule is [2H]C([2H])[Si]1(C)O[Si](C([2H])([2H])CCCCl)(C(CCCCl)(CCCCl)CCCCl)O1. The van der Waals surface area contributed by atoms with Crippen molar-refractivity contribution in [2.75, 3.05) is 23.5 Å². The van der Waals surface area contributed by atoms with Crippen molar-refractivity contribution in [1.82, 2.24) is 0 Å². The lowest BCUT2D eigenvalue weighted by Gasteiger charge is -2.60. The maximum atomic E-state index is 8.94. The van der Waals surface area contributed by atoms with E-state index in [-0.39, 0.29) is 6.42 Å². The van der Waals surface area contributed by atoms with E-state index in [2.05, 4.69) is 0 Å². The lowest BCUT2D eigenvalue weighted by atomic mass is 9.92. The summed E-state index contributed by atoms with van der Waals surface area (Å²) in [6, 6.07) is 0. The molecule has 144 valence electrons.